The Bertz CT molecular complexity index is 512. The second-order valence-corrected chi connectivity index (χ2v) is 6.61. The third-order valence-corrected chi connectivity index (χ3v) is 4.50. The van der Waals surface area contributed by atoms with E-state index in [0.717, 1.165) is 56.1 Å². The van der Waals surface area contributed by atoms with Crippen LogP contribution in [0.2, 0.25) is 0 Å². The van der Waals surface area contributed by atoms with Crippen LogP contribution < -0.4 is 29.6 Å². The van der Waals surface area contributed by atoms with Crippen LogP contribution in [-0.2, 0) is 23.0 Å². The Morgan fingerprint density at radius 2 is 1.52 bits per heavy atom. The van der Waals surface area contributed by atoms with Gasteiger partial charge in [-0.05, 0) is 42.9 Å². The largest absolute Gasteiger partial charge is 1.00 e. The van der Waals surface area contributed by atoms with Crippen LogP contribution in [0.5, 0.6) is 0 Å². The number of unbranched alkanes of at least 4 members (excludes halogenated alkanes) is 4. The summed E-state index contributed by atoms with van der Waals surface area (Å²) in [6.45, 7) is 4.25. The van der Waals surface area contributed by atoms with Crippen LogP contribution in [0.25, 0.3) is 0 Å². The Morgan fingerprint density at radius 3 is 2.05 bits per heavy atom. The van der Waals surface area contributed by atoms with Crippen LogP contribution in [0.3, 0.4) is 0 Å². The van der Waals surface area contributed by atoms with Crippen molar-refractivity contribution in [3.63, 3.8) is 0 Å². The summed E-state index contributed by atoms with van der Waals surface area (Å²) in [6.07, 6.45) is 7.92. The van der Waals surface area contributed by atoms with E-state index >= 15 is 0 Å². The Balaban J connectivity index is 0.00000400. The first-order valence-electron chi connectivity index (χ1n) is 7.57. The molecule has 0 N–H and O–H groups in total. The van der Waals surface area contributed by atoms with E-state index < -0.39 is 10.1 Å². The van der Waals surface area contributed by atoms with Crippen molar-refractivity contribution in [1.82, 2.24) is 0 Å². The van der Waals surface area contributed by atoms with Crippen LogP contribution in [0.1, 0.15) is 63.5 Å². The second-order valence-electron chi connectivity index (χ2n) is 5.26. The molecule has 0 bridgehead atoms. The first-order valence-corrected chi connectivity index (χ1v) is 8.98. The molecule has 0 aliphatic carbocycles. The van der Waals surface area contributed by atoms with E-state index in [9.17, 15) is 13.0 Å². The fourth-order valence-corrected chi connectivity index (χ4v) is 3.26. The summed E-state index contributed by atoms with van der Waals surface area (Å²) < 4.78 is 34.2. The predicted molar refractivity (Wildman–Crippen MR) is 80.9 cm³/mol. The van der Waals surface area contributed by atoms with Crippen molar-refractivity contribution < 1.29 is 42.5 Å². The first-order chi connectivity index (χ1) is 9.50. The smallest absolute Gasteiger partial charge is 0.744 e. The van der Waals surface area contributed by atoms with Crippen LogP contribution in [-0.4, -0.2) is 13.0 Å². The molecule has 5 heteroatoms. The average molecular weight is 320 g/mol. The normalized spacial score (nSPS) is 11.2. The Morgan fingerprint density at radius 1 is 0.952 bits per heavy atom. The van der Waals surface area contributed by atoms with Gasteiger partial charge in [0.05, 0.1) is 4.90 Å². The molecule has 0 fully saturated rings. The zero-order chi connectivity index (χ0) is 15.0. The molecule has 0 spiro atoms. The van der Waals surface area contributed by atoms with Gasteiger partial charge in [0.15, 0.2) is 0 Å². The summed E-state index contributed by atoms with van der Waals surface area (Å²) in [7, 11) is -4.37. The molecular weight excluding hydrogens is 295 g/mol. The van der Waals surface area contributed by atoms with Gasteiger partial charge >= 0.3 is 29.6 Å². The first kappa shape index (κ1) is 21.1. The Hall–Kier alpha value is 0.130. The minimum absolute atomic E-state index is 0. The summed E-state index contributed by atoms with van der Waals surface area (Å²) in [6, 6.07) is 5.11. The molecule has 0 heterocycles. The zero-order valence-corrected chi connectivity index (χ0v) is 16.3. The molecule has 0 amide bonds. The van der Waals surface area contributed by atoms with Crippen molar-refractivity contribution in [2.24, 2.45) is 0 Å². The minimum atomic E-state index is -4.37. The average Bonchev–Trinajstić information content (AvgIpc) is 2.39. The van der Waals surface area contributed by atoms with E-state index in [1.165, 1.54) is 6.07 Å². The van der Waals surface area contributed by atoms with E-state index in [4.69, 9.17) is 0 Å². The molecule has 0 unspecified atom stereocenters. The molecule has 0 aliphatic rings. The summed E-state index contributed by atoms with van der Waals surface area (Å²) >= 11 is 0. The maximum atomic E-state index is 11.4. The van der Waals surface area contributed by atoms with Gasteiger partial charge in [-0.15, -0.1) is 0 Å². The quantitative estimate of drug-likeness (QED) is 0.388. The summed E-state index contributed by atoms with van der Waals surface area (Å²) in [4.78, 5) is -0.0115. The molecule has 1 aromatic rings. The van der Waals surface area contributed by atoms with Crippen LogP contribution in [0.4, 0.5) is 0 Å². The van der Waals surface area contributed by atoms with Crippen molar-refractivity contribution in [2.45, 2.75) is 70.1 Å². The van der Waals surface area contributed by atoms with Gasteiger partial charge in [0.2, 0.25) is 0 Å². The molecular formula is C16H25NaO3S. The maximum Gasteiger partial charge on any atom is 1.00 e. The van der Waals surface area contributed by atoms with Gasteiger partial charge in [0.25, 0.3) is 0 Å². The van der Waals surface area contributed by atoms with E-state index in [-0.39, 0.29) is 34.5 Å². The van der Waals surface area contributed by atoms with Gasteiger partial charge in [0, 0.05) is 0 Å². The molecule has 0 radical (unpaired) electrons. The zero-order valence-electron chi connectivity index (χ0n) is 13.5. The fraction of sp³-hybridized carbons (Fsp3) is 0.625. The van der Waals surface area contributed by atoms with Crippen LogP contribution >= 0.6 is 0 Å². The number of hydrogen-bond donors (Lipinski definition) is 0. The number of benzene rings is 1. The van der Waals surface area contributed by atoms with Crippen molar-refractivity contribution in [3.05, 3.63) is 29.3 Å². The van der Waals surface area contributed by atoms with Crippen molar-refractivity contribution >= 4 is 10.1 Å². The monoisotopic (exact) mass is 320 g/mol. The summed E-state index contributed by atoms with van der Waals surface area (Å²) in [5.41, 5.74) is 1.79. The van der Waals surface area contributed by atoms with Crippen LogP contribution in [0, 0.1) is 0 Å². The van der Waals surface area contributed by atoms with Gasteiger partial charge < -0.3 is 4.55 Å². The molecule has 3 nitrogen and oxygen atoms in total. The molecule has 0 saturated heterocycles. The molecule has 0 aromatic heterocycles. The molecule has 0 atom stereocenters. The van der Waals surface area contributed by atoms with Gasteiger partial charge in [0.1, 0.15) is 10.1 Å². The van der Waals surface area contributed by atoms with Crippen LogP contribution in [0.15, 0.2) is 23.1 Å². The topological polar surface area (TPSA) is 57.2 Å². The third-order valence-electron chi connectivity index (χ3n) is 3.58. The molecule has 0 aliphatic heterocycles. The van der Waals surface area contributed by atoms with Gasteiger partial charge in [-0.1, -0.05) is 51.7 Å². The second kappa shape index (κ2) is 10.8. The number of hydrogen-bond acceptors (Lipinski definition) is 3. The molecule has 114 valence electrons. The Kier molecular flexibility index (Phi) is 10.9. The molecule has 1 aromatic carbocycles. The van der Waals surface area contributed by atoms with Gasteiger partial charge in [-0.2, -0.15) is 0 Å². The predicted octanol–water partition coefficient (Wildman–Crippen LogP) is 1.06. The van der Waals surface area contributed by atoms with E-state index in [1.54, 1.807) is 6.07 Å². The minimum Gasteiger partial charge on any atom is -0.744 e. The van der Waals surface area contributed by atoms with Crippen molar-refractivity contribution in [1.29, 1.82) is 0 Å². The summed E-state index contributed by atoms with van der Waals surface area (Å²) in [5, 5.41) is 0. The molecule has 1 rings (SSSR count). The van der Waals surface area contributed by atoms with Gasteiger partial charge in [-0.25, -0.2) is 8.42 Å². The SMILES string of the molecule is CCCCCc1cccc(S(=O)(=O)[O-])c1CCCCC.[Na+]. The third kappa shape index (κ3) is 7.29. The fourth-order valence-electron chi connectivity index (χ4n) is 2.48. The van der Waals surface area contributed by atoms with E-state index in [1.807, 2.05) is 6.07 Å². The van der Waals surface area contributed by atoms with E-state index in [2.05, 4.69) is 13.8 Å². The van der Waals surface area contributed by atoms with Crippen molar-refractivity contribution in [2.75, 3.05) is 0 Å². The standard InChI is InChI=1S/C16H26O3S.Na/c1-3-5-7-10-14-11-9-13-16(20(17,18)19)15(14)12-8-6-4-2;/h9,11,13H,3-8,10,12H2,1-2H3,(H,17,18,19);/q;+1/p-1. The van der Waals surface area contributed by atoms with Crippen molar-refractivity contribution in [3.8, 4) is 0 Å². The molecule has 0 saturated carbocycles. The maximum absolute atomic E-state index is 11.4. The van der Waals surface area contributed by atoms with E-state index in [0.29, 0.717) is 6.42 Å². The molecule has 21 heavy (non-hydrogen) atoms. The van der Waals surface area contributed by atoms with Gasteiger partial charge in [-0.3, -0.25) is 0 Å². The number of rotatable bonds is 9. The summed E-state index contributed by atoms with van der Waals surface area (Å²) in [5.74, 6) is 0. The Labute approximate surface area is 151 Å². The number of aryl methyl sites for hydroxylation is 1.